The van der Waals surface area contributed by atoms with E-state index in [2.05, 4.69) is 23.2 Å². The van der Waals surface area contributed by atoms with Gasteiger partial charge in [0, 0.05) is 30.4 Å². The Bertz CT molecular complexity index is 1080. The van der Waals surface area contributed by atoms with Gasteiger partial charge in [-0.25, -0.2) is 0 Å². The molecule has 0 bridgehead atoms. The molecule has 7 nitrogen and oxygen atoms in total. The maximum Gasteiger partial charge on any atom is 0.231 e. The number of carbonyl (C=O) groups excluding carboxylic acids is 1. The zero-order valence-corrected chi connectivity index (χ0v) is 17.4. The monoisotopic (exact) mass is 418 g/mol. The van der Waals surface area contributed by atoms with Crippen molar-refractivity contribution < 1.29 is 14.3 Å². The molecule has 31 heavy (non-hydrogen) atoms. The number of rotatable bonds is 6. The van der Waals surface area contributed by atoms with Crippen molar-refractivity contribution in [2.24, 2.45) is 11.7 Å². The number of primary amides is 1. The Labute approximate surface area is 181 Å². The van der Waals surface area contributed by atoms with Crippen LogP contribution in [0.4, 0.5) is 0 Å². The molecule has 0 radical (unpaired) electrons. The average molecular weight is 418 g/mol. The normalized spacial score (nSPS) is 18.3. The van der Waals surface area contributed by atoms with Crippen molar-refractivity contribution in [3.63, 3.8) is 0 Å². The molecule has 2 aliphatic rings. The minimum Gasteiger partial charge on any atom is -0.454 e. The third-order valence-corrected chi connectivity index (χ3v) is 5.97. The molecule has 2 N–H and O–H groups in total. The van der Waals surface area contributed by atoms with E-state index in [9.17, 15) is 4.79 Å². The lowest BCUT2D eigenvalue weighted by Gasteiger charge is -2.31. The van der Waals surface area contributed by atoms with Gasteiger partial charge in [-0.1, -0.05) is 30.3 Å². The topological polar surface area (TPSA) is 82.6 Å². The molecule has 1 atom stereocenters. The van der Waals surface area contributed by atoms with Gasteiger partial charge in [-0.05, 0) is 43.1 Å². The first-order valence-corrected chi connectivity index (χ1v) is 10.7. The van der Waals surface area contributed by atoms with Gasteiger partial charge < -0.3 is 15.2 Å². The summed E-state index contributed by atoms with van der Waals surface area (Å²) in [7, 11) is 0. The second-order valence-corrected chi connectivity index (χ2v) is 8.23. The van der Waals surface area contributed by atoms with Crippen LogP contribution in [-0.2, 0) is 17.9 Å². The highest BCUT2D eigenvalue weighted by atomic mass is 16.7. The Kier molecular flexibility index (Phi) is 5.34. The van der Waals surface area contributed by atoms with Crippen LogP contribution in [-0.4, -0.2) is 40.5 Å². The summed E-state index contributed by atoms with van der Waals surface area (Å²) in [4.78, 5) is 14.0. The minimum atomic E-state index is -0.208. The molecule has 3 aromatic rings. The standard InChI is InChI=1S/C24H26N4O3/c25-24(29)19-7-4-10-27(13-19)14-20-15-28(12-17-5-2-1-3-6-17)26-23(20)18-8-9-21-22(11-18)31-16-30-21/h1-3,5-6,8-9,11,15,19H,4,7,10,12-14,16H2,(H2,25,29)/t19-/m0/s1. The number of hydrogen-bond donors (Lipinski definition) is 1. The second-order valence-electron chi connectivity index (χ2n) is 8.23. The van der Waals surface area contributed by atoms with Gasteiger partial charge in [-0.15, -0.1) is 0 Å². The largest absolute Gasteiger partial charge is 0.454 e. The van der Waals surface area contributed by atoms with E-state index in [1.807, 2.05) is 41.1 Å². The first-order valence-electron chi connectivity index (χ1n) is 10.7. The summed E-state index contributed by atoms with van der Waals surface area (Å²) in [6.07, 6.45) is 3.96. The molecule has 5 rings (SSSR count). The molecule has 1 amide bonds. The summed E-state index contributed by atoms with van der Waals surface area (Å²) in [6, 6.07) is 16.2. The number of nitrogens with two attached hydrogens (primary N) is 1. The van der Waals surface area contributed by atoms with Crippen LogP contribution in [0.25, 0.3) is 11.3 Å². The number of aromatic nitrogens is 2. The van der Waals surface area contributed by atoms with E-state index in [4.69, 9.17) is 20.3 Å². The molecule has 0 aliphatic carbocycles. The Morgan fingerprint density at radius 3 is 2.77 bits per heavy atom. The predicted octanol–water partition coefficient (Wildman–Crippen LogP) is 3.02. The lowest BCUT2D eigenvalue weighted by molar-refractivity contribution is -0.123. The van der Waals surface area contributed by atoms with Crippen LogP contribution < -0.4 is 15.2 Å². The highest BCUT2D eigenvalue weighted by Gasteiger charge is 2.26. The molecule has 1 fully saturated rings. The minimum absolute atomic E-state index is 0.0814. The summed E-state index contributed by atoms with van der Waals surface area (Å²) in [6.45, 7) is 3.31. The fourth-order valence-electron chi connectivity index (χ4n) is 4.39. The summed E-state index contributed by atoms with van der Waals surface area (Å²) in [5.74, 6) is 1.21. The van der Waals surface area contributed by atoms with Crippen molar-refractivity contribution in [1.82, 2.24) is 14.7 Å². The molecule has 0 spiro atoms. The number of fused-ring (bicyclic) bond motifs is 1. The second kappa shape index (κ2) is 8.43. The van der Waals surface area contributed by atoms with Crippen LogP contribution in [0.3, 0.4) is 0 Å². The summed E-state index contributed by atoms with van der Waals surface area (Å²) < 4.78 is 13.0. The van der Waals surface area contributed by atoms with E-state index in [0.717, 1.165) is 54.3 Å². The number of likely N-dealkylation sites (tertiary alicyclic amines) is 1. The molecule has 2 aromatic carbocycles. The van der Waals surface area contributed by atoms with Crippen LogP contribution in [0, 0.1) is 5.92 Å². The first kappa shape index (κ1) is 19.6. The van der Waals surface area contributed by atoms with Crippen molar-refractivity contribution in [3.05, 3.63) is 65.9 Å². The third kappa shape index (κ3) is 4.27. The number of nitrogens with zero attached hydrogens (tertiary/aromatic N) is 3. The summed E-state index contributed by atoms with van der Waals surface area (Å²) in [5.41, 5.74) is 9.82. The van der Waals surface area contributed by atoms with E-state index < -0.39 is 0 Å². The number of amides is 1. The Morgan fingerprint density at radius 1 is 1.10 bits per heavy atom. The fraction of sp³-hybridized carbons (Fsp3) is 0.333. The number of carbonyl (C=O) groups is 1. The lowest BCUT2D eigenvalue weighted by atomic mass is 9.97. The highest BCUT2D eigenvalue weighted by molar-refractivity contribution is 5.77. The molecule has 1 saturated heterocycles. The molecule has 1 aromatic heterocycles. The first-order chi connectivity index (χ1) is 15.2. The fourth-order valence-corrected chi connectivity index (χ4v) is 4.39. The predicted molar refractivity (Wildman–Crippen MR) is 117 cm³/mol. The van der Waals surface area contributed by atoms with E-state index >= 15 is 0 Å². The molecule has 3 heterocycles. The van der Waals surface area contributed by atoms with Gasteiger partial charge in [0.2, 0.25) is 12.7 Å². The smallest absolute Gasteiger partial charge is 0.231 e. The Hall–Kier alpha value is -3.32. The van der Waals surface area contributed by atoms with Crippen LogP contribution in [0.15, 0.2) is 54.7 Å². The maximum absolute atomic E-state index is 11.7. The maximum atomic E-state index is 11.7. The summed E-state index contributed by atoms with van der Waals surface area (Å²) >= 11 is 0. The SMILES string of the molecule is NC(=O)[C@H]1CCCN(Cc2cn(Cc3ccccc3)nc2-c2ccc3c(c2)OCO3)C1. The van der Waals surface area contributed by atoms with E-state index in [-0.39, 0.29) is 18.6 Å². The van der Waals surface area contributed by atoms with Gasteiger partial charge in [0.15, 0.2) is 11.5 Å². The van der Waals surface area contributed by atoms with E-state index in [1.54, 1.807) is 0 Å². The van der Waals surface area contributed by atoms with Gasteiger partial charge >= 0.3 is 0 Å². The molecular formula is C24H26N4O3. The average Bonchev–Trinajstić information content (AvgIpc) is 3.41. The Morgan fingerprint density at radius 2 is 1.94 bits per heavy atom. The third-order valence-electron chi connectivity index (χ3n) is 5.97. The summed E-state index contributed by atoms with van der Waals surface area (Å²) in [5, 5.41) is 4.92. The van der Waals surface area contributed by atoms with E-state index in [0.29, 0.717) is 13.1 Å². The molecule has 2 aliphatic heterocycles. The van der Waals surface area contributed by atoms with Crippen molar-refractivity contribution in [2.45, 2.75) is 25.9 Å². The van der Waals surface area contributed by atoms with Gasteiger partial charge in [0.05, 0.1) is 18.2 Å². The van der Waals surface area contributed by atoms with Crippen LogP contribution in [0.2, 0.25) is 0 Å². The van der Waals surface area contributed by atoms with Crippen molar-refractivity contribution in [2.75, 3.05) is 19.9 Å². The van der Waals surface area contributed by atoms with Crippen molar-refractivity contribution in [1.29, 1.82) is 0 Å². The molecule has 0 saturated carbocycles. The van der Waals surface area contributed by atoms with Crippen LogP contribution in [0.5, 0.6) is 11.5 Å². The quantitative estimate of drug-likeness (QED) is 0.665. The van der Waals surface area contributed by atoms with Gasteiger partial charge in [0.1, 0.15) is 0 Å². The van der Waals surface area contributed by atoms with E-state index in [1.165, 1.54) is 5.56 Å². The highest BCUT2D eigenvalue weighted by Crippen LogP contribution is 2.36. The lowest BCUT2D eigenvalue weighted by Crippen LogP contribution is -2.40. The van der Waals surface area contributed by atoms with Crippen molar-refractivity contribution >= 4 is 5.91 Å². The molecular weight excluding hydrogens is 392 g/mol. The van der Waals surface area contributed by atoms with Crippen molar-refractivity contribution in [3.8, 4) is 22.8 Å². The zero-order valence-electron chi connectivity index (χ0n) is 17.4. The zero-order chi connectivity index (χ0) is 21.2. The molecule has 7 heteroatoms. The van der Waals surface area contributed by atoms with Gasteiger partial charge in [0.25, 0.3) is 0 Å². The number of piperidine rings is 1. The molecule has 0 unspecified atom stereocenters. The Balaban J connectivity index is 1.45. The number of benzene rings is 2. The van der Waals surface area contributed by atoms with Crippen LogP contribution >= 0.6 is 0 Å². The molecule has 160 valence electrons. The van der Waals surface area contributed by atoms with Gasteiger partial charge in [-0.3, -0.25) is 14.4 Å². The van der Waals surface area contributed by atoms with Crippen LogP contribution in [0.1, 0.15) is 24.0 Å². The van der Waals surface area contributed by atoms with Gasteiger partial charge in [-0.2, -0.15) is 5.10 Å². The number of ether oxygens (including phenoxy) is 2. The number of hydrogen-bond acceptors (Lipinski definition) is 5.